The number of nitrogens with one attached hydrogen (secondary N) is 1. The Morgan fingerprint density at radius 3 is 2.50 bits per heavy atom. The largest absolute Gasteiger partial charge is 0.462 e. The minimum Gasteiger partial charge on any atom is -0.462 e. The molecule has 0 aliphatic carbocycles. The highest BCUT2D eigenvalue weighted by Crippen LogP contribution is 2.25. The lowest BCUT2D eigenvalue weighted by molar-refractivity contribution is 0.0525. The molecule has 1 aromatic carbocycles. The maximum Gasteiger partial charge on any atom is 0.338 e. The Labute approximate surface area is 160 Å². The summed E-state index contributed by atoms with van der Waals surface area (Å²) in [5, 5.41) is 3.21. The standard InChI is InChI=1S/C17H25FN2O4S.ClH/c1-3-9-20(15-5-7-19-8-6-15)25(22,23)16-11-13(10-14(18)12-16)17(21)24-4-2;/h10-12,15,19H,3-9H2,1-2H3;1H. The van der Waals surface area contributed by atoms with Gasteiger partial charge in [0.1, 0.15) is 5.82 Å². The number of esters is 1. The van der Waals surface area contributed by atoms with Crippen molar-refractivity contribution in [2.45, 2.75) is 44.0 Å². The van der Waals surface area contributed by atoms with Gasteiger partial charge in [0.15, 0.2) is 0 Å². The fourth-order valence-electron chi connectivity index (χ4n) is 2.99. The van der Waals surface area contributed by atoms with Crippen molar-refractivity contribution < 1.29 is 22.3 Å². The third-order valence-electron chi connectivity index (χ3n) is 4.15. The van der Waals surface area contributed by atoms with Crippen molar-refractivity contribution in [1.29, 1.82) is 0 Å². The molecule has 1 N–H and O–H groups in total. The molecule has 0 radical (unpaired) electrons. The molecule has 1 heterocycles. The minimum absolute atomic E-state index is 0. The van der Waals surface area contributed by atoms with Crippen LogP contribution in [0.4, 0.5) is 4.39 Å². The van der Waals surface area contributed by atoms with E-state index in [1.165, 1.54) is 10.4 Å². The van der Waals surface area contributed by atoms with Crippen molar-refractivity contribution in [3.63, 3.8) is 0 Å². The first-order valence-corrected chi connectivity index (χ1v) is 10.0. The molecule has 1 saturated heterocycles. The SMILES string of the molecule is CCCN(C1CCNCC1)S(=O)(=O)c1cc(F)cc(C(=O)OCC)c1.Cl. The zero-order chi connectivity index (χ0) is 18.4. The second-order valence-electron chi connectivity index (χ2n) is 5.99. The van der Waals surface area contributed by atoms with E-state index in [1.807, 2.05) is 6.92 Å². The van der Waals surface area contributed by atoms with Crippen LogP contribution in [0.3, 0.4) is 0 Å². The van der Waals surface area contributed by atoms with Gasteiger partial charge >= 0.3 is 5.97 Å². The number of benzene rings is 1. The lowest BCUT2D eigenvalue weighted by Crippen LogP contribution is -2.46. The van der Waals surface area contributed by atoms with E-state index < -0.39 is 21.8 Å². The molecule has 0 atom stereocenters. The molecule has 0 unspecified atom stereocenters. The molecule has 1 aliphatic rings. The van der Waals surface area contributed by atoms with Crippen molar-refractivity contribution in [2.24, 2.45) is 0 Å². The maximum atomic E-state index is 13.9. The zero-order valence-corrected chi connectivity index (χ0v) is 16.7. The van der Waals surface area contributed by atoms with Crippen molar-refractivity contribution in [1.82, 2.24) is 9.62 Å². The predicted molar refractivity (Wildman–Crippen MR) is 99.7 cm³/mol. The molecule has 0 spiro atoms. The quantitative estimate of drug-likeness (QED) is 0.702. The van der Waals surface area contributed by atoms with Crippen LogP contribution < -0.4 is 5.32 Å². The van der Waals surface area contributed by atoms with Gasteiger partial charge in [0.25, 0.3) is 0 Å². The van der Waals surface area contributed by atoms with Crippen LogP contribution in [0, 0.1) is 5.82 Å². The summed E-state index contributed by atoms with van der Waals surface area (Å²) in [4.78, 5) is 11.7. The van der Waals surface area contributed by atoms with Gasteiger partial charge in [-0.05, 0) is 57.5 Å². The second kappa shape index (κ2) is 10.2. The van der Waals surface area contributed by atoms with Crippen LogP contribution >= 0.6 is 12.4 Å². The Hall–Kier alpha value is -1.22. The van der Waals surface area contributed by atoms with Crippen LogP contribution in [0.5, 0.6) is 0 Å². The Bertz CT molecular complexity index is 709. The van der Waals surface area contributed by atoms with E-state index >= 15 is 0 Å². The van der Waals surface area contributed by atoms with E-state index in [0.717, 1.165) is 25.2 Å². The average Bonchev–Trinajstić information content (AvgIpc) is 2.60. The van der Waals surface area contributed by atoms with E-state index in [2.05, 4.69) is 5.32 Å². The average molecular weight is 409 g/mol. The second-order valence-corrected chi connectivity index (χ2v) is 7.88. The Morgan fingerprint density at radius 1 is 1.27 bits per heavy atom. The summed E-state index contributed by atoms with van der Waals surface area (Å²) in [6, 6.07) is 3.02. The Morgan fingerprint density at radius 2 is 1.92 bits per heavy atom. The highest BCUT2D eigenvalue weighted by molar-refractivity contribution is 7.89. The lowest BCUT2D eigenvalue weighted by atomic mass is 10.1. The Kier molecular flexibility index (Phi) is 8.95. The van der Waals surface area contributed by atoms with Gasteiger partial charge in [-0.15, -0.1) is 12.4 Å². The minimum atomic E-state index is -3.90. The Balaban J connectivity index is 0.00000338. The molecule has 0 bridgehead atoms. The van der Waals surface area contributed by atoms with E-state index in [1.54, 1.807) is 6.92 Å². The predicted octanol–water partition coefficient (Wildman–Crippen LogP) is 2.58. The van der Waals surface area contributed by atoms with Crippen molar-refractivity contribution in [3.8, 4) is 0 Å². The summed E-state index contributed by atoms with van der Waals surface area (Å²) in [7, 11) is -3.90. The summed E-state index contributed by atoms with van der Waals surface area (Å²) in [6.45, 7) is 5.52. The van der Waals surface area contributed by atoms with Crippen molar-refractivity contribution in [3.05, 3.63) is 29.6 Å². The molecule has 1 fully saturated rings. The maximum absolute atomic E-state index is 13.9. The molecule has 26 heavy (non-hydrogen) atoms. The van der Waals surface area contributed by atoms with Gasteiger partial charge in [0.2, 0.25) is 10.0 Å². The number of halogens is 2. The zero-order valence-electron chi connectivity index (χ0n) is 15.0. The topological polar surface area (TPSA) is 75.7 Å². The third kappa shape index (κ3) is 5.39. The first-order chi connectivity index (χ1) is 11.9. The summed E-state index contributed by atoms with van der Waals surface area (Å²) >= 11 is 0. The number of ether oxygens (including phenoxy) is 1. The molecule has 0 amide bonds. The van der Waals surface area contributed by atoms with Gasteiger partial charge in [-0.25, -0.2) is 17.6 Å². The molecule has 148 valence electrons. The molecule has 9 heteroatoms. The molecule has 1 aromatic rings. The molecular formula is C17H26ClFN2O4S. The fourth-order valence-corrected chi connectivity index (χ4v) is 4.83. The van der Waals surface area contributed by atoms with Gasteiger partial charge in [-0.3, -0.25) is 0 Å². The number of piperidine rings is 1. The van der Waals surface area contributed by atoms with Gasteiger partial charge in [-0.1, -0.05) is 6.92 Å². The summed E-state index contributed by atoms with van der Waals surface area (Å²) in [6.07, 6.45) is 2.07. The van der Waals surface area contributed by atoms with Crippen molar-refractivity contribution in [2.75, 3.05) is 26.2 Å². The number of nitrogens with zero attached hydrogens (tertiary/aromatic N) is 1. The highest BCUT2D eigenvalue weighted by atomic mass is 35.5. The first kappa shape index (κ1) is 22.8. The van der Waals surface area contributed by atoms with E-state index in [9.17, 15) is 17.6 Å². The number of rotatable bonds is 7. The van der Waals surface area contributed by atoms with Crippen LogP contribution in [0.15, 0.2) is 23.1 Å². The van der Waals surface area contributed by atoms with Crippen LogP contribution in [0.1, 0.15) is 43.5 Å². The molecule has 0 saturated carbocycles. The summed E-state index contributed by atoms with van der Waals surface area (Å²) in [5.41, 5.74) is -0.0952. The van der Waals surface area contributed by atoms with E-state index in [-0.39, 0.29) is 35.5 Å². The first-order valence-electron chi connectivity index (χ1n) is 8.60. The number of hydrogen-bond acceptors (Lipinski definition) is 5. The molecule has 0 aromatic heterocycles. The number of sulfonamides is 1. The lowest BCUT2D eigenvalue weighted by Gasteiger charge is -2.33. The molecule has 1 aliphatic heterocycles. The van der Waals surface area contributed by atoms with Gasteiger partial charge in [0.05, 0.1) is 17.1 Å². The van der Waals surface area contributed by atoms with Crippen LogP contribution in [-0.2, 0) is 14.8 Å². The van der Waals surface area contributed by atoms with Crippen LogP contribution in [0.25, 0.3) is 0 Å². The number of carbonyl (C=O) groups is 1. The monoisotopic (exact) mass is 408 g/mol. The molecule has 2 rings (SSSR count). The van der Waals surface area contributed by atoms with Gasteiger partial charge in [0, 0.05) is 12.6 Å². The third-order valence-corrected chi connectivity index (χ3v) is 6.08. The highest BCUT2D eigenvalue weighted by Gasteiger charge is 2.32. The number of carbonyl (C=O) groups excluding carboxylic acids is 1. The molecular weight excluding hydrogens is 383 g/mol. The number of hydrogen-bond donors (Lipinski definition) is 1. The van der Waals surface area contributed by atoms with Crippen LogP contribution in [0.2, 0.25) is 0 Å². The smallest absolute Gasteiger partial charge is 0.338 e. The summed E-state index contributed by atoms with van der Waals surface area (Å²) in [5.74, 6) is -1.51. The van der Waals surface area contributed by atoms with Crippen molar-refractivity contribution >= 4 is 28.4 Å². The molecule has 6 nitrogen and oxygen atoms in total. The fraction of sp³-hybridized carbons (Fsp3) is 0.588. The van der Waals surface area contributed by atoms with Gasteiger partial charge < -0.3 is 10.1 Å². The van der Waals surface area contributed by atoms with Crippen LogP contribution in [-0.4, -0.2) is 51.0 Å². The van der Waals surface area contributed by atoms with Gasteiger partial charge in [-0.2, -0.15) is 4.31 Å². The van der Waals surface area contributed by atoms with E-state index in [0.29, 0.717) is 25.8 Å². The van der Waals surface area contributed by atoms with E-state index in [4.69, 9.17) is 4.74 Å². The normalized spacial score (nSPS) is 15.5. The summed E-state index contributed by atoms with van der Waals surface area (Å²) < 4.78 is 46.4.